The Labute approximate surface area is 121 Å². The van der Waals surface area contributed by atoms with Gasteiger partial charge in [-0.25, -0.2) is 4.39 Å². The van der Waals surface area contributed by atoms with E-state index in [0.717, 1.165) is 4.90 Å². The van der Waals surface area contributed by atoms with Crippen molar-refractivity contribution in [3.63, 3.8) is 0 Å². The molecule has 0 amide bonds. The van der Waals surface area contributed by atoms with Gasteiger partial charge in [0.2, 0.25) is 0 Å². The number of fused-ring (bicyclic) bond motifs is 1. The highest BCUT2D eigenvalue weighted by Crippen LogP contribution is 2.27. The Hall–Kier alpha value is -2.00. The molecule has 0 fully saturated rings. The molecule has 3 aromatic rings. The van der Waals surface area contributed by atoms with Crippen LogP contribution in [0.5, 0.6) is 0 Å². The van der Waals surface area contributed by atoms with Crippen LogP contribution in [-0.4, -0.2) is 0 Å². The first-order valence-electron chi connectivity index (χ1n) is 6.38. The van der Waals surface area contributed by atoms with Crippen LogP contribution >= 0.6 is 11.8 Å². The maximum Gasteiger partial charge on any atom is 0.129 e. The quantitative estimate of drug-likeness (QED) is 0.549. The van der Waals surface area contributed by atoms with Gasteiger partial charge in [0.1, 0.15) is 5.82 Å². The standard InChI is InChI=1S/C17H14FNS/c18-17-10-15(19)7-5-14(17)11-20-16-8-6-12-3-1-2-4-13(12)9-16/h1-10H,11,19H2. The molecule has 0 bridgehead atoms. The molecule has 3 aromatic carbocycles. The van der Waals surface area contributed by atoms with Gasteiger partial charge in [-0.1, -0.05) is 36.4 Å². The van der Waals surface area contributed by atoms with E-state index in [9.17, 15) is 4.39 Å². The molecule has 0 saturated heterocycles. The summed E-state index contributed by atoms with van der Waals surface area (Å²) in [6.07, 6.45) is 0. The highest BCUT2D eigenvalue weighted by Gasteiger charge is 2.04. The van der Waals surface area contributed by atoms with Crippen LogP contribution in [0.15, 0.2) is 65.6 Å². The molecule has 0 saturated carbocycles. The molecular formula is C17H14FNS. The Morgan fingerprint density at radius 1 is 0.900 bits per heavy atom. The van der Waals surface area contributed by atoms with E-state index >= 15 is 0 Å². The predicted octanol–water partition coefficient (Wildman–Crippen LogP) is 4.85. The second kappa shape index (κ2) is 5.55. The van der Waals surface area contributed by atoms with Crippen molar-refractivity contribution >= 4 is 28.2 Å². The van der Waals surface area contributed by atoms with Gasteiger partial charge in [-0.3, -0.25) is 0 Å². The number of hydrogen-bond donors (Lipinski definition) is 1. The Balaban J connectivity index is 1.79. The van der Waals surface area contributed by atoms with Crippen molar-refractivity contribution in [1.29, 1.82) is 0 Å². The molecule has 3 rings (SSSR count). The fraction of sp³-hybridized carbons (Fsp3) is 0.0588. The molecule has 2 N–H and O–H groups in total. The van der Waals surface area contributed by atoms with Gasteiger partial charge in [0, 0.05) is 16.3 Å². The average Bonchev–Trinajstić information content (AvgIpc) is 2.46. The zero-order valence-corrected chi connectivity index (χ0v) is 11.7. The van der Waals surface area contributed by atoms with Crippen molar-refractivity contribution in [3.05, 3.63) is 72.0 Å². The van der Waals surface area contributed by atoms with E-state index in [4.69, 9.17) is 5.73 Å². The first kappa shape index (κ1) is 13.0. The molecule has 0 aliphatic heterocycles. The van der Waals surface area contributed by atoms with Crippen molar-refractivity contribution in [1.82, 2.24) is 0 Å². The monoisotopic (exact) mass is 283 g/mol. The Morgan fingerprint density at radius 3 is 2.50 bits per heavy atom. The largest absolute Gasteiger partial charge is 0.399 e. The maximum absolute atomic E-state index is 13.7. The summed E-state index contributed by atoms with van der Waals surface area (Å²) in [6.45, 7) is 0. The van der Waals surface area contributed by atoms with Crippen LogP contribution in [-0.2, 0) is 5.75 Å². The molecular weight excluding hydrogens is 269 g/mol. The lowest BCUT2D eigenvalue weighted by Gasteiger charge is -2.06. The first-order chi connectivity index (χ1) is 9.72. The molecule has 3 heteroatoms. The summed E-state index contributed by atoms with van der Waals surface area (Å²) < 4.78 is 13.7. The summed E-state index contributed by atoms with van der Waals surface area (Å²) >= 11 is 1.63. The Kier molecular flexibility index (Phi) is 3.61. The molecule has 0 aliphatic carbocycles. The van der Waals surface area contributed by atoms with Crippen molar-refractivity contribution in [2.75, 3.05) is 5.73 Å². The summed E-state index contributed by atoms with van der Waals surface area (Å²) in [5, 5.41) is 2.42. The van der Waals surface area contributed by atoms with Crippen LogP contribution in [0.3, 0.4) is 0 Å². The number of hydrogen-bond acceptors (Lipinski definition) is 2. The lowest BCUT2D eigenvalue weighted by Crippen LogP contribution is -1.91. The second-order valence-electron chi connectivity index (χ2n) is 4.65. The Bertz CT molecular complexity index is 755. The highest BCUT2D eigenvalue weighted by molar-refractivity contribution is 7.98. The number of nitrogen functional groups attached to an aromatic ring is 1. The zero-order chi connectivity index (χ0) is 13.9. The van der Waals surface area contributed by atoms with Crippen molar-refractivity contribution < 1.29 is 4.39 Å². The molecule has 0 aromatic heterocycles. The van der Waals surface area contributed by atoms with E-state index in [1.807, 2.05) is 12.1 Å². The fourth-order valence-corrected chi connectivity index (χ4v) is 3.03. The van der Waals surface area contributed by atoms with Crippen LogP contribution < -0.4 is 5.73 Å². The van der Waals surface area contributed by atoms with Crippen molar-refractivity contribution in [2.45, 2.75) is 10.6 Å². The minimum atomic E-state index is -0.238. The van der Waals surface area contributed by atoms with Crippen LogP contribution in [0, 0.1) is 5.82 Å². The molecule has 0 unspecified atom stereocenters. The van der Waals surface area contributed by atoms with Crippen LogP contribution in [0.4, 0.5) is 10.1 Å². The van der Waals surface area contributed by atoms with Gasteiger partial charge in [0.15, 0.2) is 0 Å². The van der Waals surface area contributed by atoms with E-state index in [1.54, 1.807) is 23.9 Å². The SMILES string of the molecule is Nc1ccc(CSc2ccc3ccccc3c2)c(F)c1. The molecule has 0 spiro atoms. The van der Waals surface area contributed by atoms with Gasteiger partial charge < -0.3 is 5.73 Å². The van der Waals surface area contributed by atoms with Gasteiger partial charge in [0.05, 0.1) is 0 Å². The van der Waals surface area contributed by atoms with Crippen molar-refractivity contribution in [3.8, 4) is 0 Å². The van der Waals surface area contributed by atoms with E-state index in [0.29, 0.717) is 17.0 Å². The average molecular weight is 283 g/mol. The minimum Gasteiger partial charge on any atom is -0.399 e. The summed E-state index contributed by atoms with van der Waals surface area (Å²) in [6, 6.07) is 19.4. The maximum atomic E-state index is 13.7. The van der Waals surface area contributed by atoms with E-state index in [2.05, 4.69) is 30.3 Å². The third-order valence-electron chi connectivity index (χ3n) is 3.19. The number of nitrogens with two attached hydrogens (primary N) is 1. The van der Waals surface area contributed by atoms with Crippen LogP contribution in [0.25, 0.3) is 10.8 Å². The summed E-state index contributed by atoms with van der Waals surface area (Å²) in [4.78, 5) is 1.14. The minimum absolute atomic E-state index is 0.238. The molecule has 0 radical (unpaired) electrons. The summed E-state index contributed by atoms with van der Waals surface area (Å²) in [5.74, 6) is 0.364. The molecule has 20 heavy (non-hydrogen) atoms. The third-order valence-corrected chi connectivity index (χ3v) is 4.24. The number of halogens is 1. The molecule has 0 heterocycles. The van der Waals surface area contributed by atoms with Crippen LogP contribution in [0.1, 0.15) is 5.56 Å². The lowest BCUT2D eigenvalue weighted by molar-refractivity contribution is 0.618. The second-order valence-corrected chi connectivity index (χ2v) is 5.70. The topological polar surface area (TPSA) is 26.0 Å². The lowest BCUT2D eigenvalue weighted by atomic mass is 10.1. The van der Waals surface area contributed by atoms with Gasteiger partial charge in [-0.2, -0.15) is 0 Å². The smallest absolute Gasteiger partial charge is 0.129 e. The normalized spacial score (nSPS) is 10.8. The van der Waals surface area contributed by atoms with E-state index in [-0.39, 0.29) is 5.82 Å². The molecule has 0 atom stereocenters. The van der Waals surface area contributed by atoms with Crippen molar-refractivity contribution in [2.24, 2.45) is 0 Å². The van der Waals surface area contributed by atoms with Crippen LogP contribution in [0.2, 0.25) is 0 Å². The first-order valence-corrected chi connectivity index (χ1v) is 7.36. The van der Waals surface area contributed by atoms with Gasteiger partial charge >= 0.3 is 0 Å². The predicted molar refractivity (Wildman–Crippen MR) is 84.3 cm³/mol. The van der Waals surface area contributed by atoms with Gasteiger partial charge in [-0.05, 0) is 40.6 Å². The zero-order valence-electron chi connectivity index (χ0n) is 10.8. The molecule has 1 nitrogen and oxygen atoms in total. The van der Waals surface area contributed by atoms with E-state index < -0.39 is 0 Å². The number of anilines is 1. The van der Waals surface area contributed by atoms with E-state index in [1.165, 1.54) is 16.8 Å². The Morgan fingerprint density at radius 2 is 1.70 bits per heavy atom. The van der Waals surface area contributed by atoms with Gasteiger partial charge in [-0.15, -0.1) is 11.8 Å². The molecule has 0 aliphatic rings. The number of benzene rings is 3. The fourth-order valence-electron chi connectivity index (χ4n) is 2.10. The number of thioether (sulfide) groups is 1. The summed E-state index contributed by atoms with van der Waals surface area (Å²) in [7, 11) is 0. The summed E-state index contributed by atoms with van der Waals surface area (Å²) in [5.41, 5.74) is 6.69. The third kappa shape index (κ3) is 2.78. The number of rotatable bonds is 3. The molecule has 100 valence electrons. The highest BCUT2D eigenvalue weighted by atomic mass is 32.2. The van der Waals surface area contributed by atoms with Gasteiger partial charge in [0.25, 0.3) is 0 Å².